The lowest BCUT2D eigenvalue weighted by Gasteiger charge is -2.19. The van der Waals surface area contributed by atoms with E-state index in [4.69, 9.17) is 23.2 Å². The lowest BCUT2D eigenvalue weighted by atomic mass is 9.88. The van der Waals surface area contributed by atoms with Crippen LogP contribution in [0.3, 0.4) is 0 Å². The Labute approximate surface area is 124 Å². The van der Waals surface area contributed by atoms with Crippen molar-refractivity contribution in [1.82, 2.24) is 5.32 Å². The average Bonchev–Trinajstić information content (AvgIpc) is 2.22. The minimum atomic E-state index is -0.332. The maximum absolute atomic E-state index is 11.7. The minimum Gasteiger partial charge on any atom is -0.314 e. The third-order valence-corrected chi connectivity index (χ3v) is 3.16. The van der Waals surface area contributed by atoms with Gasteiger partial charge in [-0.15, -0.1) is 0 Å². The van der Waals surface area contributed by atoms with E-state index in [0.717, 1.165) is 5.57 Å². The number of nitrogens with one attached hydrogen (secondary N) is 2. The smallest absolute Gasteiger partial charge is 0.314 e. The zero-order valence-electron chi connectivity index (χ0n) is 11.5. The summed E-state index contributed by atoms with van der Waals surface area (Å²) in [5, 5.41) is 6.30. The third-order valence-electron chi connectivity index (χ3n) is 2.72. The van der Waals surface area contributed by atoms with Gasteiger partial charge in [-0.05, 0) is 30.5 Å². The number of urea groups is 1. The highest BCUT2D eigenvalue weighted by Crippen LogP contribution is 2.24. The molecule has 0 unspecified atom stereocenters. The molecule has 0 saturated carbocycles. The van der Waals surface area contributed by atoms with Crippen LogP contribution in [0.1, 0.15) is 27.7 Å². The van der Waals surface area contributed by atoms with Crippen LogP contribution in [-0.2, 0) is 0 Å². The summed E-state index contributed by atoms with van der Waals surface area (Å²) in [4.78, 5) is 11.7. The van der Waals surface area contributed by atoms with Crippen molar-refractivity contribution >= 4 is 34.9 Å². The second-order valence-corrected chi connectivity index (χ2v) is 6.21. The van der Waals surface area contributed by atoms with Crippen LogP contribution < -0.4 is 10.6 Å². The lowest BCUT2D eigenvalue weighted by molar-refractivity contribution is 0.255. The molecule has 0 fully saturated rings. The van der Waals surface area contributed by atoms with Gasteiger partial charge >= 0.3 is 6.03 Å². The second-order valence-electron chi connectivity index (χ2n) is 5.33. The number of rotatable bonds is 2. The van der Waals surface area contributed by atoms with Crippen molar-refractivity contribution in [1.29, 1.82) is 0 Å². The summed E-state index contributed by atoms with van der Waals surface area (Å²) in [5.41, 5.74) is 1.65. The van der Waals surface area contributed by atoms with Crippen molar-refractivity contribution in [3.05, 3.63) is 40.0 Å². The first kappa shape index (κ1) is 15.9. The molecule has 5 heteroatoms. The Morgan fingerprint density at radius 1 is 1.16 bits per heavy atom. The number of allylic oxidation sites excluding steroid dienone is 1. The zero-order chi connectivity index (χ0) is 14.6. The molecule has 0 aliphatic rings. The van der Waals surface area contributed by atoms with Crippen LogP contribution in [0.2, 0.25) is 10.0 Å². The largest absolute Gasteiger partial charge is 0.323 e. The highest BCUT2D eigenvalue weighted by atomic mass is 35.5. The lowest BCUT2D eigenvalue weighted by Crippen LogP contribution is -2.25. The van der Waals surface area contributed by atoms with Gasteiger partial charge in [0.15, 0.2) is 0 Å². The Kier molecular flexibility index (Phi) is 5.27. The van der Waals surface area contributed by atoms with E-state index in [1.165, 1.54) is 0 Å². The number of amides is 2. The molecule has 0 aromatic heterocycles. The molecule has 1 rings (SSSR count). The van der Waals surface area contributed by atoms with Gasteiger partial charge in [-0.3, -0.25) is 0 Å². The summed E-state index contributed by atoms with van der Waals surface area (Å²) in [6.07, 6.45) is 1.70. The van der Waals surface area contributed by atoms with Crippen molar-refractivity contribution in [2.45, 2.75) is 27.7 Å². The van der Waals surface area contributed by atoms with Gasteiger partial charge in [-0.25, -0.2) is 4.79 Å². The number of hydrogen-bond acceptors (Lipinski definition) is 1. The van der Waals surface area contributed by atoms with Crippen LogP contribution in [0.4, 0.5) is 10.5 Å². The predicted octanol–water partition coefficient (Wildman–Crippen LogP) is 5.06. The molecule has 0 saturated heterocycles. The molecule has 3 nitrogen and oxygen atoms in total. The Balaban J connectivity index is 2.66. The summed E-state index contributed by atoms with van der Waals surface area (Å²) in [6.45, 7) is 8.20. The van der Waals surface area contributed by atoms with Crippen LogP contribution in [0.5, 0.6) is 0 Å². The molecule has 1 aromatic carbocycles. The molecule has 0 atom stereocenters. The molecule has 2 N–H and O–H groups in total. The van der Waals surface area contributed by atoms with E-state index >= 15 is 0 Å². The fourth-order valence-corrected chi connectivity index (χ4v) is 1.71. The van der Waals surface area contributed by atoms with E-state index in [1.807, 2.05) is 6.92 Å². The quantitative estimate of drug-likeness (QED) is 0.787. The van der Waals surface area contributed by atoms with Crippen LogP contribution >= 0.6 is 23.2 Å². The first-order chi connectivity index (χ1) is 8.68. The summed E-state index contributed by atoms with van der Waals surface area (Å²) >= 11 is 11.7. The van der Waals surface area contributed by atoms with Gasteiger partial charge in [-0.1, -0.05) is 49.5 Å². The molecule has 0 radical (unpaired) electrons. The monoisotopic (exact) mass is 300 g/mol. The van der Waals surface area contributed by atoms with Gasteiger partial charge in [0.05, 0.1) is 0 Å². The molecule has 0 bridgehead atoms. The molecule has 19 heavy (non-hydrogen) atoms. The molecular weight excluding hydrogens is 283 g/mol. The molecule has 0 spiro atoms. The van der Waals surface area contributed by atoms with Crippen LogP contribution in [0.25, 0.3) is 0 Å². The van der Waals surface area contributed by atoms with E-state index in [-0.39, 0.29) is 11.4 Å². The van der Waals surface area contributed by atoms with Gasteiger partial charge < -0.3 is 10.6 Å². The van der Waals surface area contributed by atoms with E-state index in [1.54, 1.807) is 24.4 Å². The number of hydrogen-bond donors (Lipinski definition) is 2. The second kappa shape index (κ2) is 6.31. The number of anilines is 1. The molecule has 0 aliphatic heterocycles. The van der Waals surface area contributed by atoms with E-state index < -0.39 is 0 Å². The molecule has 1 aromatic rings. The Bertz CT molecular complexity index is 484. The van der Waals surface area contributed by atoms with Gasteiger partial charge in [0.1, 0.15) is 0 Å². The Morgan fingerprint density at radius 3 is 2.16 bits per heavy atom. The predicted molar refractivity (Wildman–Crippen MR) is 81.8 cm³/mol. The summed E-state index contributed by atoms with van der Waals surface area (Å²) in [6, 6.07) is 4.54. The summed E-state index contributed by atoms with van der Waals surface area (Å²) in [5.74, 6) is 0. The summed E-state index contributed by atoms with van der Waals surface area (Å²) in [7, 11) is 0. The Hall–Kier alpha value is -1.19. The normalized spacial score (nSPS) is 12.2. The topological polar surface area (TPSA) is 41.1 Å². The first-order valence-electron chi connectivity index (χ1n) is 5.89. The number of halogens is 2. The van der Waals surface area contributed by atoms with Crippen molar-refractivity contribution in [2.75, 3.05) is 5.32 Å². The van der Waals surface area contributed by atoms with Crippen molar-refractivity contribution < 1.29 is 4.79 Å². The number of carbonyl (C=O) groups excluding carboxylic acids is 1. The third kappa shape index (κ3) is 5.53. The van der Waals surface area contributed by atoms with Crippen molar-refractivity contribution in [3.63, 3.8) is 0 Å². The van der Waals surface area contributed by atoms with Gasteiger partial charge in [0.25, 0.3) is 0 Å². The highest BCUT2D eigenvalue weighted by molar-refractivity contribution is 6.35. The fraction of sp³-hybridized carbons (Fsp3) is 0.357. The highest BCUT2D eigenvalue weighted by Gasteiger charge is 2.12. The van der Waals surface area contributed by atoms with Crippen LogP contribution in [-0.4, -0.2) is 6.03 Å². The fourth-order valence-electron chi connectivity index (χ4n) is 1.18. The van der Waals surface area contributed by atoms with E-state index in [2.05, 4.69) is 31.4 Å². The van der Waals surface area contributed by atoms with E-state index in [9.17, 15) is 4.79 Å². The maximum Gasteiger partial charge on any atom is 0.323 e. The van der Waals surface area contributed by atoms with Gasteiger partial charge in [-0.2, -0.15) is 0 Å². The minimum absolute atomic E-state index is 0.0205. The molecule has 2 amide bonds. The number of benzene rings is 1. The molecular formula is C14H18Cl2N2O. The molecule has 104 valence electrons. The van der Waals surface area contributed by atoms with Gasteiger partial charge in [0, 0.05) is 21.9 Å². The average molecular weight is 301 g/mol. The van der Waals surface area contributed by atoms with Crippen molar-refractivity contribution in [3.8, 4) is 0 Å². The van der Waals surface area contributed by atoms with Crippen LogP contribution in [0.15, 0.2) is 30.0 Å². The number of carbonyl (C=O) groups is 1. The summed E-state index contributed by atoms with van der Waals surface area (Å²) < 4.78 is 0. The SMILES string of the molecule is C/C(=C\NC(=O)Nc1cc(Cl)cc(Cl)c1)C(C)(C)C. The zero-order valence-corrected chi connectivity index (χ0v) is 13.0. The van der Waals surface area contributed by atoms with Crippen molar-refractivity contribution in [2.24, 2.45) is 5.41 Å². The maximum atomic E-state index is 11.7. The van der Waals surface area contributed by atoms with Gasteiger partial charge in [0.2, 0.25) is 0 Å². The first-order valence-corrected chi connectivity index (χ1v) is 6.65. The Morgan fingerprint density at radius 2 is 1.68 bits per heavy atom. The molecule has 0 heterocycles. The standard InChI is InChI=1S/C14H18Cl2N2O/c1-9(14(2,3)4)8-17-13(19)18-12-6-10(15)5-11(16)7-12/h5-8H,1-4H3,(H2,17,18,19)/b9-8+. The van der Waals surface area contributed by atoms with Crippen LogP contribution in [0, 0.1) is 5.41 Å². The molecule has 0 aliphatic carbocycles. The van der Waals surface area contributed by atoms with E-state index in [0.29, 0.717) is 15.7 Å².